The molecule has 0 bridgehead atoms. The van der Waals surface area contributed by atoms with Gasteiger partial charge in [0.15, 0.2) is 0 Å². The van der Waals surface area contributed by atoms with Crippen molar-refractivity contribution in [2.24, 2.45) is 7.05 Å². The number of hydrogen-bond acceptors (Lipinski definition) is 4. The van der Waals surface area contributed by atoms with E-state index in [4.69, 9.17) is 5.73 Å². The van der Waals surface area contributed by atoms with Crippen LogP contribution in [0.4, 0.5) is 11.5 Å². The summed E-state index contributed by atoms with van der Waals surface area (Å²) in [6, 6.07) is 1.83. The summed E-state index contributed by atoms with van der Waals surface area (Å²) in [7, 11) is 1.93. The first-order valence-electron chi connectivity index (χ1n) is 5.76. The Morgan fingerprint density at radius 2 is 2.28 bits per heavy atom. The zero-order chi connectivity index (χ0) is 13.1. The van der Waals surface area contributed by atoms with Gasteiger partial charge in [0.2, 0.25) is 0 Å². The van der Waals surface area contributed by atoms with Gasteiger partial charge in [0, 0.05) is 25.4 Å². The van der Waals surface area contributed by atoms with Gasteiger partial charge in [-0.2, -0.15) is 5.10 Å². The molecule has 0 radical (unpaired) electrons. The molecule has 2 aromatic rings. The van der Waals surface area contributed by atoms with Gasteiger partial charge in [0.25, 0.3) is 0 Å². The maximum Gasteiger partial charge on any atom is 0.140 e. The molecule has 2 aromatic heterocycles. The van der Waals surface area contributed by atoms with E-state index >= 15 is 0 Å². The number of nitrogens with one attached hydrogen (secondary N) is 1. The van der Waals surface area contributed by atoms with Crippen LogP contribution in [0.2, 0.25) is 0 Å². The Bertz CT molecular complexity index is 549. The van der Waals surface area contributed by atoms with E-state index in [1.165, 1.54) is 5.56 Å². The fraction of sp³-hybridized carbons (Fsp3) is 0.333. The smallest absolute Gasteiger partial charge is 0.140 e. The molecule has 0 aromatic carbocycles. The average Bonchev–Trinajstić information content (AvgIpc) is 2.68. The van der Waals surface area contributed by atoms with Gasteiger partial charge in [0.1, 0.15) is 5.82 Å². The maximum atomic E-state index is 5.65. The molecule has 18 heavy (non-hydrogen) atoms. The standard InChI is InChI=1S/C12H16BrN5/c1-3-11-8(7-18(2)17-11)5-15-12-10(13)4-9(14)6-16-12/h4,6-7H,3,5,14H2,1-2H3,(H,15,16). The van der Waals surface area contributed by atoms with Gasteiger partial charge >= 0.3 is 0 Å². The molecule has 2 rings (SSSR count). The van der Waals surface area contributed by atoms with Crippen LogP contribution in [0, 0.1) is 0 Å². The van der Waals surface area contributed by atoms with Crippen molar-refractivity contribution in [2.75, 3.05) is 11.1 Å². The molecule has 6 heteroatoms. The van der Waals surface area contributed by atoms with Gasteiger partial charge in [-0.15, -0.1) is 0 Å². The molecular formula is C12H16BrN5. The van der Waals surface area contributed by atoms with Crippen molar-refractivity contribution in [1.29, 1.82) is 0 Å². The number of aromatic nitrogens is 3. The van der Waals surface area contributed by atoms with Gasteiger partial charge in [-0.3, -0.25) is 4.68 Å². The number of nitrogen functional groups attached to an aromatic ring is 1. The quantitative estimate of drug-likeness (QED) is 0.909. The minimum Gasteiger partial charge on any atom is -0.397 e. The van der Waals surface area contributed by atoms with E-state index in [1.54, 1.807) is 6.20 Å². The molecule has 0 aliphatic carbocycles. The summed E-state index contributed by atoms with van der Waals surface area (Å²) >= 11 is 3.44. The zero-order valence-electron chi connectivity index (χ0n) is 10.4. The van der Waals surface area contributed by atoms with Crippen molar-refractivity contribution in [2.45, 2.75) is 19.9 Å². The van der Waals surface area contributed by atoms with Crippen molar-refractivity contribution >= 4 is 27.4 Å². The topological polar surface area (TPSA) is 68.8 Å². The average molecular weight is 310 g/mol. The summed E-state index contributed by atoms with van der Waals surface area (Å²) in [6.45, 7) is 2.80. The molecule has 0 atom stereocenters. The third-order valence-electron chi connectivity index (χ3n) is 2.64. The first-order valence-corrected chi connectivity index (χ1v) is 6.55. The molecule has 0 amide bonds. The van der Waals surface area contributed by atoms with E-state index in [1.807, 2.05) is 24.0 Å². The predicted molar refractivity (Wildman–Crippen MR) is 76.3 cm³/mol. The number of halogens is 1. The summed E-state index contributed by atoms with van der Waals surface area (Å²) in [6.07, 6.45) is 4.59. The van der Waals surface area contributed by atoms with E-state index in [0.717, 1.165) is 22.4 Å². The third-order valence-corrected chi connectivity index (χ3v) is 3.24. The van der Waals surface area contributed by atoms with Crippen LogP contribution < -0.4 is 11.1 Å². The van der Waals surface area contributed by atoms with Crippen LogP contribution >= 0.6 is 15.9 Å². The van der Waals surface area contributed by atoms with Crippen LogP contribution in [0.15, 0.2) is 22.9 Å². The normalized spacial score (nSPS) is 10.6. The highest BCUT2D eigenvalue weighted by Crippen LogP contribution is 2.22. The molecule has 2 heterocycles. The highest BCUT2D eigenvalue weighted by atomic mass is 79.9. The van der Waals surface area contributed by atoms with E-state index in [2.05, 4.69) is 38.3 Å². The lowest BCUT2D eigenvalue weighted by Crippen LogP contribution is -2.04. The Morgan fingerprint density at radius 1 is 1.50 bits per heavy atom. The first kappa shape index (κ1) is 12.9. The van der Waals surface area contributed by atoms with Crippen molar-refractivity contribution in [3.63, 3.8) is 0 Å². The highest BCUT2D eigenvalue weighted by Gasteiger charge is 2.07. The van der Waals surface area contributed by atoms with E-state index < -0.39 is 0 Å². The lowest BCUT2D eigenvalue weighted by Gasteiger charge is -2.07. The number of nitrogens with two attached hydrogens (primary N) is 1. The second-order valence-corrected chi connectivity index (χ2v) is 4.94. The van der Waals surface area contributed by atoms with Crippen molar-refractivity contribution < 1.29 is 0 Å². The molecule has 0 saturated carbocycles. The first-order chi connectivity index (χ1) is 8.60. The molecule has 5 nitrogen and oxygen atoms in total. The fourth-order valence-corrected chi connectivity index (χ4v) is 2.30. The van der Waals surface area contributed by atoms with Gasteiger partial charge in [-0.1, -0.05) is 6.92 Å². The minimum atomic E-state index is 0.642. The summed E-state index contributed by atoms with van der Waals surface area (Å²) in [5, 5.41) is 7.68. The lowest BCUT2D eigenvalue weighted by atomic mass is 10.2. The highest BCUT2D eigenvalue weighted by molar-refractivity contribution is 9.10. The zero-order valence-corrected chi connectivity index (χ0v) is 12.0. The summed E-state index contributed by atoms with van der Waals surface area (Å²) < 4.78 is 2.70. The molecule has 3 N–H and O–H groups in total. The van der Waals surface area contributed by atoms with Crippen LogP contribution in [0.5, 0.6) is 0 Å². The maximum absolute atomic E-state index is 5.65. The molecule has 0 spiro atoms. The lowest BCUT2D eigenvalue weighted by molar-refractivity contribution is 0.746. The number of nitrogens with zero attached hydrogens (tertiary/aromatic N) is 3. The summed E-state index contributed by atoms with van der Waals surface area (Å²) in [5.41, 5.74) is 8.59. The van der Waals surface area contributed by atoms with E-state index in [0.29, 0.717) is 12.2 Å². The minimum absolute atomic E-state index is 0.642. The van der Waals surface area contributed by atoms with Crippen LogP contribution in [-0.2, 0) is 20.0 Å². The van der Waals surface area contributed by atoms with Crippen molar-refractivity contribution in [3.8, 4) is 0 Å². The molecule has 0 fully saturated rings. The van der Waals surface area contributed by atoms with Crippen LogP contribution in [0.3, 0.4) is 0 Å². The predicted octanol–water partition coefficient (Wildman–Crippen LogP) is 2.33. The molecule has 0 unspecified atom stereocenters. The molecule has 0 aliphatic rings. The fourth-order valence-electron chi connectivity index (χ4n) is 1.79. The van der Waals surface area contributed by atoms with Crippen LogP contribution in [0.1, 0.15) is 18.2 Å². The second kappa shape index (κ2) is 5.39. The second-order valence-electron chi connectivity index (χ2n) is 4.08. The SMILES string of the molecule is CCc1nn(C)cc1CNc1ncc(N)cc1Br. The number of anilines is 2. The van der Waals surface area contributed by atoms with Gasteiger partial charge < -0.3 is 11.1 Å². The molecule has 96 valence electrons. The Balaban J connectivity index is 2.11. The monoisotopic (exact) mass is 309 g/mol. The number of rotatable bonds is 4. The number of hydrogen-bond donors (Lipinski definition) is 2. The van der Waals surface area contributed by atoms with Gasteiger partial charge in [0.05, 0.1) is 22.1 Å². The van der Waals surface area contributed by atoms with Gasteiger partial charge in [-0.25, -0.2) is 4.98 Å². The molecule has 0 aliphatic heterocycles. The largest absolute Gasteiger partial charge is 0.397 e. The van der Waals surface area contributed by atoms with Crippen LogP contribution in [-0.4, -0.2) is 14.8 Å². The Hall–Kier alpha value is -1.56. The molecular weight excluding hydrogens is 294 g/mol. The van der Waals surface area contributed by atoms with Gasteiger partial charge in [-0.05, 0) is 28.4 Å². The van der Waals surface area contributed by atoms with E-state index in [9.17, 15) is 0 Å². The third kappa shape index (κ3) is 2.81. The number of aryl methyl sites for hydroxylation is 2. The Kier molecular flexibility index (Phi) is 3.86. The van der Waals surface area contributed by atoms with Crippen molar-refractivity contribution in [1.82, 2.24) is 14.8 Å². The van der Waals surface area contributed by atoms with Crippen LogP contribution in [0.25, 0.3) is 0 Å². The Labute approximate surface area is 115 Å². The number of pyridine rings is 1. The Morgan fingerprint density at radius 3 is 2.94 bits per heavy atom. The summed E-state index contributed by atoms with van der Waals surface area (Å²) in [5.74, 6) is 0.787. The molecule has 0 saturated heterocycles. The summed E-state index contributed by atoms with van der Waals surface area (Å²) in [4.78, 5) is 4.24. The van der Waals surface area contributed by atoms with Crippen molar-refractivity contribution in [3.05, 3.63) is 34.2 Å². The van der Waals surface area contributed by atoms with E-state index in [-0.39, 0.29) is 0 Å².